The van der Waals surface area contributed by atoms with E-state index in [0.717, 1.165) is 25.7 Å². The van der Waals surface area contributed by atoms with E-state index in [1.165, 1.54) is 18.4 Å². The summed E-state index contributed by atoms with van der Waals surface area (Å²) in [4.78, 5) is 11.0. The summed E-state index contributed by atoms with van der Waals surface area (Å²) in [5.41, 5.74) is 2.09. The van der Waals surface area contributed by atoms with E-state index in [1.807, 2.05) is 0 Å². The molecule has 1 N–H and O–H groups in total. The molecule has 0 bridgehead atoms. The number of allylic oxidation sites excluding steroid dienone is 1. The van der Waals surface area contributed by atoms with Gasteiger partial charge in [-0.15, -0.1) is 0 Å². The molecule has 0 aliphatic heterocycles. The smallest absolute Gasteiger partial charge is 0.331 e. The Morgan fingerprint density at radius 2 is 2.18 bits per heavy atom. The Bertz CT molecular complexity index is 369. The van der Waals surface area contributed by atoms with Gasteiger partial charge in [0.05, 0.1) is 0 Å². The molecular formula is C15H22O2. The van der Waals surface area contributed by atoms with E-state index in [2.05, 4.69) is 20.1 Å². The van der Waals surface area contributed by atoms with Crippen LogP contribution in [0.15, 0.2) is 24.3 Å². The highest BCUT2D eigenvalue weighted by Crippen LogP contribution is 2.54. The fourth-order valence-electron chi connectivity index (χ4n) is 3.71. The minimum absolute atomic E-state index is 0.153. The Morgan fingerprint density at radius 1 is 1.47 bits per heavy atom. The van der Waals surface area contributed by atoms with Crippen molar-refractivity contribution in [3.63, 3.8) is 0 Å². The molecule has 0 heterocycles. The van der Waals surface area contributed by atoms with Gasteiger partial charge in [-0.2, -0.15) is 0 Å². The van der Waals surface area contributed by atoms with E-state index in [9.17, 15) is 4.79 Å². The topological polar surface area (TPSA) is 37.3 Å². The van der Waals surface area contributed by atoms with Crippen LogP contribution < -0.4 is 0 Å². The van der Waals surface area contributed by atoms with Crippen LogP contribution in [0.1, 0.15) is 45.4 Å². The Balaban J connectivity index is 2.14. The molecule has 17 heavy (non-hydrogen) atoms. The van der Waals surface area contributed by atoms with Crippen LogP contribution in [0, 0.1) is 17.3 Å². The Labute approximate surface area is 103 Å². The van der Waals surface area contributed by atoms with E-state index < -0.39 is 5.97 Å². The summed E-state index contributed by atoms with van der Waals surface area (Å²) in [6, 6.07) is 0. The number of carboxylic acids is 1. The summed E-state index contributed by atoms with van der Waals surface area (Å²) < 4.78 is 0. The molecule has 0 aromatic heterocycles. The lowest BCUT2D eigenvalue weighted by Crippen LogP contribution is -2.38. The van der Waals surface area contributed by atoms with Gasteiger partial charge in [-0.05, 0) is 55.8 Å². The Morgan fingerprint density at radius 3 is 2.82 bits per heavy atom. The third kappa shape index (κ3) is 2.18. The van der Waals surface area contributed by atoms with Gasteiger partial charge in [0.25, 0.3) is 0 Å². The lowest BCUT2D eigenvalue weighted by atomic mass is 9.56. The molecule has 2 heteroatoms. The molecular weight excluding hydrogens is 212 g/mol. The van der Waals surface area contributed by atoms with E-state index in [1.54, 1.807) is 0 Å². The highest BCUT2D eigenvalue weighted by atomic mass is 16.4. The number of hydrogen-bond acceptors (Lipinski definition) is 1. The minimum Gasteiger partial charge on any atom is -0.478 e. The van der Waals surface area contributed by atoms with Crippen LogP contribution in [0.3, 0.4) is 0 Å². The number of carbonyl (C=O) groups is 1. The highest BCUT2D eigenvalue weighted by molar-refractivity contribution is 5.86. The standard InChI is InChI=1S/C15H22O2/c1-10-5-4-7-15(3)8-6-12(9-13(10)15)11(2)14(16)17/h12-13H,1-2,4-9H2,3H3,(H,16,17)/t12-,13+,15-/m0/s1. The first-order valence-corrected chi connectivity index (χ1v) is 6.54. The molecule has 94 valence electrons. The van der Waals surface area contributed by atoms with Crippen molar-refractivity contribution in [2.45, 2.75) is 45.4 Å². The summed E-state index contributed by atoms with van der Waals surface area (Å²) in [6.07, 6.45) is 6.67. The van der Waals surface area contributed by atoms with Crippen LogP contribution in [0.25, 0.3) is 0 Å². The molecule has 2 aliphatic carbocycles. The van der Waals surface area contributed by atoms with Gasteiger partial charge < -0.3 is 5.11 Å². The monoisotopic (exact) mass is 234 g/mol. The van der Waals surface area contributed by atoms with Gasteiger partial charge in [0.1, 0.15) is 0 Å². The third-order valence-electron chi connectivity index (χ3n) is 4.93. The molecule has 0 unspecified atom stereocenters. The van der Waals surface area contributed by atoms with Crippen LogP contribution in [-0.2, 0) is 4.79 Å². The van der Waals surface area contributed by atoms with Crippen LogP contribution in [-0.4, -0.2) is 11.1 Å². The zero-order valence-electron chi connectivity index (χ0n) is 10.7. The van der Waals surface area contributed by atoms with E-state index >= 15 is 0 Å². The number of fused-ring (bicyclic) bond motifs is 1. The first-order valence-electron chi connectivity index (χ1n) is 6.54. The molecule has 0 spiro atoms. The second-order valence-electron chi connectivity index (χ2n) is 6.02. The minimum atomic E-state index is -0.833. The average molecular weight is 234 g/mol. The summed E-state index contributed by atoms with van der Waals surface area (Å²) in [5, 5.41) is 9.04. The number of hydrogen-bond donors (Lipinski definition) is 1. The zero-order chi connectivity index (χ0) is 12.6. The van der Waals surface area contributed by atoms with E-state index in [-0.39, 0.29) is 5.92 Å². The van der Waals surface area contributed by atoms with Crippen LogP contribution in [0.2, 0.25) is 0 Å². The van der Waals surface area contributed by atoms with E-state index in [0.29, 0.717) is 16.9 Å². The summed E-state index contributed by atoms with van der Waals surface area (Å²) in [7, 11) is 0. The van der Waals surface area contributed by atoms with Crippen LogP contribution in [0.4, 0.5) is 0 Å². The number of carboxylic acid groups (broad SMARTS) is 1. The van der Waals surface area contributed by atoms with E-state index in [4.69, 9.17) is 5.11 Å². The maximum atomic E-state index is 11.0. The van der Waals surface area contributed by atoms with Gasteiger partial charge in [-0.25, -0.2) is 4.79 Å². The van der Waals surface area contributed by atoms with Crippen molar-refractivity contribution < 1.29 is 9.90 Å². The maximum absolute atomic E-state index is 11.0. The quantitative estimate of drug-likeness (QED) is 0.583. The third-order valence-corrected chi connectivity index (χ3v) is 4.93. The first kappa shape index (κ1) is 12.4. The predicted molar refractivity (Wildman–Crippen MR) is 68.7 cm³/mol. The SMILES string of the molecule is C=C(C(=O)O)[C@H]1CC[C@]2(C)CCCC(=C)[C@H]2C1. The lowest BCUT2D eigenvalue weighted by molar-refractivity contribution is -0.133. The molecule has 2 aliphatic rings. The predicted octanol–water partition coefficient (Wildman–Crippen LogP) is 3.79. The van der Waals surface area contributed by atoms with Crippen molar-refractivity contribution in [3.05, 3.63) is 24.3 Å². The average Bonchev–Trinajstić information content (AvgIpc) is 2.27. The van der Waals surface area contributed by atoms with Gasteiger partial charge in [0, 0.05) is 5.57 Å². The van der Waals surface area contributed by atoms with Crippen molar-refractivity contribution in [1.29, 1.82) is 0 Å². The molecule has 2 nitrogen and oxygen atoms in total. The molecule has 0 amide bonds. The zero-order valence-corrected chi connectivity index (χ0v) is 10.7. The molecule has 2 saturated carbocycles. The van der Waals surface area contributed by atoms with Crippen molar-refractivity contribution in [2.24, 2.45) is 17.3 Å². The summed E-state index contributed by atoms with van der Waals surface area (Å²) >= 11 is 0. The second kappa shape index (κ2) is 4.32. The molecule has 0 aromatic rings. The normalized spacial score (nSPS) is 37.4. The summed E-state index contributed by atoms with van der Waals surface area (Å²) in [5.74, 6) is -0.174. The molecule has 2 fully saturated rings. The van der Waals surface area contributed by atoms with Crippen molar-refractivity contribution in [2.75, 3.05) is 0 Å². The first-order chi connectivity index (χ1) is 7.94. The number of rotatable bonds is 2. The fourth-order valence-corrected chi connectivity index (χ4v) is 3.71. The Hall–Kier alpha value is -1.05. The maximum Gasteiger partial charge on any atom is 0.331 e. The van der Waals surface area contributed by atoms with Gasteiger partial charge in [-0.3, -0.25) is 0 Å². The Kier molecular flexibility index (Phi) is 3.15. The molecule has 2 rings (SSSR count). The van der Waals surface area contributed by atoms with Gasteiger partial charge >= 0.3 is 5.97 Å². The molecule has 3 atom stereocenters. The van der Waals surface area contributed by atoms with Crippen molar-refractivity contribution >= 4 is 5.97 Å². The second-order valence-corrected chi connectivity index (χ2v) is 6.02. The summed E-state index contributed by atoms with van der Waals surface area (Å²) in [6.45, 7) is 10.3. The highest BCUT2D eigenvalue weighted by Gasteiger charge is 2.43. The molecule has 0 aromatic carbocycles. The number of aliphatic carboxylic acids is 1. The van der Waals surface area contributed by atoms with Crippen molar-refractivity contribution in [1.82, 2.24) is 0 Å². The van der Waals surface area contributed by atoms with Gasteiger partial charge in [0.15, 0.2) is 0 Å². The molecule has 0 radical (unpaired) electrons. The fraction of sp³-hybridized carbons (Fsp3) is 0.667. The largest absolute Gasteiger partial charge is 0.478 e. The van der Waals surface area contributed by atoms with Crippen molar-refractivity contribution in [3.8, 4) is 0 Å². The van der Waals surface area contributed by atoms with Gasteiger partial charge in [0.2, 0.25) is 0 Å². The van der Waals surface area contributed by atoms with Crippen LogP contribution in [0.5, 0.6) is 0 Å². The van der Waals surface area contributed by atoms with Gasteiger partial charge in [-0.1, -0.05) is 25.7 Å². The lowest BCUT2D eigenvalue weighted by Gasteiger charge is -2.48. The molecule has 0 saturated heterocycles. The van der Waals surface area contributed by atoms with Crippen LogP contribution >= 0.6 is 0 Å².